The molecular formula is C26H20BrFN2O4. The summed E-state index contributed by atoms with van der Waals surface area (Å²) in [7, 11) is 0. The Morgan fingerprint density at radius 3 is 2.41 bits per heavy atom. The van der Waals surface area contributed by atoms with Crippen LogP contribution < -0.4 is 15.0 Å². The molecule has 172 valence electrons. The predicted molar refractivity (Wildman–Crippen MR) is 130 cm³/mol. The summed E-state index contributed by atoms with van der Waals surface area (Å²) in [4.78, 5) is 38.6. The van der Waals surface area contributed by atoms with Crippen LogP contribution in [-0.2, 0) is 16.2 Å². The Morgan fingerprint density at radius 1 is 1.00 bits per heavy atom. The number of nitrogens with one attached hydrogen (secondary N) is 1. The lowest BCUT2D eigenvalue weighted by atomic mass is 10.1. The molecule has 0 unspecified atom stereocenters. The standard InChI is InChI=1S/C26H20BrFN2O4/c1-15-9-16(2)11-17(10-15)14-34-23-8-7-19(27)12-18(23)13-20-24(31)29-26(33)30(25(20)32)22-6-4-3-5-21(22)28/h3-13H,14H2,1-2H3,(H,29,31,33)/b20-13-. The largest absolute Gasteiger partial charge is 0.488 e. The first-order valence-corrected chi connectivity index (χ1v) is 11.2. The van der Waals surface area contributed by atoms with E-state index in [1.165, 1.54) is 24.3 Å². The molecule has 3 aromatic rings. The maximum atomic E-state index is 14.3. The highest BCUT2D eigenvalue weighted by Gasteiger charge is 2.38. The second-order valence-electron chi connectivity index (χ2n) is 7.88. The van der Waals surface area contributed by atoms with Gasteiger partial charge in [0, 0.05) is 10.0 Å². The van der Waals surface area contributed by atoms with E-state index in [1.807, 2.05) is 26.0 Å². The molecule has 4 rings (SSSR count). The molecule has 1 N–H and O–H groups in total. The summed E-state index contributed by atoms with van der Waals surface area (Å²) in [6.45, 7) is 4.28. The van der Waals surface area contributed by atoms with Gasteiger partial charge in [-0.15, -0.1) is 0 Å². The van der Waals surface area contributed by atoms with Crippen LogP contribution in [0.4, 0.5) is 14.9 Å². The minimum atomic E-state index is -1.02. The quantitative estimate of drug-likeness (QED) is 0.357. The van der Waals surface area contributed by atoms with E-state index in [0.717, 1.165) is 22.8 Å². The number of imide groups is 2. The van der Waals surface area contributed by atoms with E-state index in [2.05, 4.69) is 27.3 Å². The minimum absolute atomic E-state index is 0.246. The Balaban J connectivity index is 1.69. The fraction of sp³-hybridized carbons (Fsp3) is 0.115. The number of anilines is 1. The number of carbonyl (C=O) groups excluding carboxylic acids is 3. The van der Waals surface area contributed by atoms with Gasteiger partial charge >= 0.3 is 6.03 Å². The number of aryl methyl sites for hydroxylation is 2. The molecule has 0 atom stereocenters. The van der Waals surface area contributed by atoms with Crippen molar-refractivity contribution in [1.82, 2.24) is 5.32 Å². The highest BCUT2D eigenvalue weighted by Crippen LogP contribution is 2.29. The third-order valence-electron chi connectivity index (χ3n) is 5.14. The van der Waals surface area contributed by atoms with Gasteiger partial charge in [0.15, 0.2) is 0 Å². The molecule has 0 bridgehead atoms. The van der Waals surface area contributed by atoms with Crippen LogP contribution in [0.2, 0.25) is 0 Å². The molecule has 1 aliphatic rings. The van der Waals surface area contributed by atoms with E-state index >= 15 is 0 Å². The molecule has 0 aliphatic carbocycles. The van der Waals surface area contributed by atoms with Crippen LogP contribution in [0.15, 0.2) is 70.7 Å². The highest BCUT2D eigenvalue weighted by atomic mass is 79.9. The smallest absolute Gasteiger partial charge is 0.336 e. The number of para-hydroxylation sites is 1. The van der Waals surface area contributed by atoms with Crippen LogP contribution in [0.3, 0.4) is 0 Å². The molecule has 0 aromatic heterocycles. The lowest BCUT2D eigenvalue weighted by Crippen LogP contribution is -2.54. The number of benzene rings is 3. The summed E-state index contributed by atoms with van der Waals surface area (Å²) in [5.74, 6) is -2.13. The van der Waals surface area contributed by atoms with Gasteiger partial charge < -0.3 is 4.74 Å². The fourth-order valence-corrected chi connectivity index (χ4v) is 4.12. The Hall–Kier alpha value is -3.78. The van der Waals surface area contributed by atoms with Gasteiger partial charge in [0.05, 0.1) is 5.69 Å². The summed E-state index contributed by atoms with van der Waals surface area (Å²) < 4.78 is 21.0. The van der Waals surface area contributed by atoms with Crippen molar-refractivity contribution in [2.75, 3.05) is 4.90 Å². The van der Waals surface area contributed by atoms with Gasteiger partial charge in [0.25, 0.3) is 11.8 Å². The van der Waals surface area contributed by atoms with Gasteiger partial charge in [-0.2, -0.15) is 0 Å². The summed E-state index contributed by atoms with van der Waals surface area (Å²) >= 11 is 3.39. The van der Waals surface area contributed by atoms with Crippen LogP contribution in [-0.4, -0.2) is 17.8 Å². The van der Waals surface area contributed by atoms with Crippen LogP contribution in [0, 0.1) is 19.7 Å². The van der Waals surface area contributed by atoms with Gasteiger partial charge in [-0.25, -0.2) is 14.1 Å². The van der Waals surface area contributed by atoms with Crippen molar-refractivity contribution in [3.63, 3.8) is 0 Å². The Labute approximate surface area is 204 Å². The molecule has 4 amide bonds. The van der Waals surface area contributed by atoms with E-state index in [0.29, 0.717) is 20.7 Å². The summed E-state index contributed by atoms with van der Waals surface area (Å²) in [5.41, 5.74) is 3.07. The number of hydrogen-bond donors (Lipinski definition) is 1. The zero-order valence-corrected chi connectivity index (χ0v) is 20.0. The monoisotopic (exact) mass is 522 g/mol. The Morgan fingerprint density at radius 2 is 1.71 bits per heavy atom. The summed E-state index contributed by atoms with van der Waals surface area (Å²) in [6.07, 6.45) is 1.33. The molecule has 34 heavy (non-hydrogen) atoms. The van der Waals surface area contributed by atoms with E-state index in [1.54, 1.807) is 18.2 Å². The zero-order valence-electron chi connectivity index (χ0n) is 18.4. The fourth-order valence-electron chi connectivity index (χ4n) is 3.74. The lowest BCUT2D eigenvalue weighted by molar-refractivity contribution is -0.122. The lowest BCUT2D eigenvalue weighted by Gasteiger charge is -2.26. The molecule has 8 heteroatoms. The van der Waals surface area contributed by atoms with Crippen LogP contribution >= 0.6 is 15.9 Å². The molecule has 1 heterocycles. The summed E-state index contributed by atoms with van der Waals surface area (Å²) in [6, 6.07) is 15.6. The molecule has 1 fully saturated rings. The van der Waals surface area contributed by atoms with Crippen LogP contribution in [0.1, 0.15) is 22.3 Å². The maximum absolute atomic E-state index is 14.3. The first kappa shape index (κ1) is 23.4. The molecule has 0 radical (unpaired) electrons. The zero-order chi connectivity index (χ0) is 24.4. The highest BCUT2D eigenvalue weighted by molar-refractivity contribution is 9.10. The molecule has 0 saturated carbocycles. The Bertz CT molecular complexity index is 1330. The van der Waals surface area contributed by atoms with Crippen molar-refractivity contribution in [3.8, 4) is 5.75 Å². The van der Waals surface area contributed by atoms with E-state index in [-0.39, 0.29) is 17.9 Å². The number of carbonyl (C=O) groups is 3. The predicted octanol–water partition coefficient (Wildman–Crippen LogP) is 5.45. The minimum Gasteiger partial charge on any atom is -0.488 e. The van der Waals surface area contributed by atoms with Crippen molar-refractivity contribution in [2.45, 2.75) is 20.5 Å². The number of rotatable bonds is 5. The van der Waals surface area contributed by atoms with Gasteiger partial charge in [-0.05, 0) is 55.8 Å². The molecule has 1 saturated heterocycles. The van der Waals surface area contributed by atoms with Crippen molar-refractivity contribution < 1.29 is 23.5 Å². The second kappa shape index (κ2) is 9.61. The van der Waals surface area contributed by atoms with E-state index in [9.17, 15) is 18.8 Å². The number of ether oxygens (including phenoxy) is 1. The van der Waals surface area contributed by atoms with Crippen molar-refractivity contribution >= 4 is 45.5 Å². The van der Waals surface area contributed by atoms with E-state index < -0.39 is 23.7 Å². The first-order valence-electron chi connectivity index (χ1n) is 10.4. The number of halogens is 2. The number of barbiturate groups is 1. The Kier molecular flexibility index (Phi) is 6.61. The molecule has 1 aliphatic heterocycles. The first-order chi connectivity index (χ1) is 16.2. The van der Waals surface area contributed by atoms with E-state index in [4.69, 9.17) is 4.74 Å². The number of amides is 4. The van der Waals surface area contributed by atoms with Gasteiger partial charge in [0.2, 0.25) is 0 Å². The van der Waals surface area contributed by atoms with Gasteiger partial charge in [0.1, 0.15) is 23.7 Å². The van der Waals surface area contributed by atoms with Crippen LogP contribution in [0.5, 0.6) is 5.75 Å². The average Bonchev–Trinajstić information content (AvgIpc) is 2.76. The molecule has 0 spiro atoms. The summed E-state index contributed by atoms with van der Waals surface area (Å²) in [5, 5.41) is 2.10. The number of urea groups is 1. The topological polar surface area (TPSA) is 75.7 Å². The van der Waals surface area contributed by atoms with Crippen LogP contribution in [0.25, 0.3) is 6.08 Å². The number of hydrogen-bond acceptors (Lipinski definition) is 4. The maximum Gasteiger partial charge on any atom is 0.336 e. The normalized spacial score (nSPS) is 15.0. The van der Waals surface area contributed by atoms with Crippen molar-refractivity contribution in [3.05, 3.63) is 98.8 Å². The van der Waals surface area contributed by atoms with Gasteiger partial charge in [-0.3, -0.25) is 14.9 Å². The van der Waals surface area contributed by atoms with Gasteiger partial charge in [-0.1, -0.05) is 57.4 Å². The van der Waals surface area contributed by atoms with Crippen molar-refractivity contribution in [1.29, 1.82) is 0 Å². The second-order valence-corrected chi connectivity index (χ2v) is 8.79. The molecule has 6 nitrogen and oxygen atoms in total. The third-order valence-corrected chi connectivity index (χ3v) is 5.64. The average molecular weight is 523 g/mol. The SMILES string of the molecule is Cc1cc(C)cc(COc2ccc(Br)cc2/C=C2/C(=O)NC(=O)N(c3ccccc3F)C2=O)c1. The van der Waals surface area contributed by atoms with Crippen molar-refractivity contribution in [2.24, 2.45) is 0 Å². The molecular weight excluding hydrogens is 503 g/mol. The third kappa shape index (κ3) is 4.92. The molecule has 3 aromatic carbocycles. The number of nitrogens with zero attached hydrogens (tertiary/aromatic N) is 1.